The van der Waals surface area contributed by atoms with Crippen LogP contribution in [0.3, 0.4) is 0 Å². The Morgan fingerprint density at radius 1 is 1.00 bits per heavy atom. The zero-order valence-electron chi connectivity index (χ0n) is 3.41. The van der Waals surface area contributed by atoms with E-state index in [2.05, 4.69) is 0 Å². The van der Waals surface area contributed by atoms with E-state index in [4.69, 9.17) is 0 Å². The van der Waals surface area contributed by atoms with Crippen molar-refractivity contribution in [1.29, 1.82) is 0 Å². The van der Waals surface area contributed by atoms with Crippen LogP contribution in [0.2, 0.25) is 0 Å². The second kappa shape index (κ2) is 5.03. The molecule has 0 fully saturated rings. The zero-order valence-corrected chi connectivity index (χ0v) is 17.7. The van der Waals surface area contributed by atoms with Crippen LogP contribution in [0.25, 0.3) is 0 Å². The van der Waals surface area contributed by atoms with E-state index in [9.17, 15) is 0 Å². The fourth-order valence-corrected chi connectivity index (χ4v) is 0. The average Bonchev–Trinajstić information content (AvgIpc) is 1.37. The Morgan fingerprint density at radius 3 is 1.25 bits per heavy atom. The van der Waals surface area contributed by atoms with Crippen LogP contribution in [0.15, 0.2) is 0 Å². The van der Waals surface area contributed by atoms with Gasteiger partial charge in [-0.25, -0.2) is 0 Å². The molecule has 4 heteroatoms. The standard InChI is InChI=1S/H4Si2.2Sn.6H/c1-2;;;;;;;;/h1-2H2;;;;;;;;. The van der Waals surface area contributed by atoms with Crippen molar-refractivity contribution in [2.75, 3.05) is 0 Å². The minimum absolute atomic E-state index is 0.867. The van der Waals surface area contributed by atoms with E-state index in [0.717, 1.165) is 13.1 Å². The van der Waals surface area contributed by atoms with Gasteiger partial charge in [-0.15, -0.1) is 0 Å². The maximum absolute atomic E-state index is 1.24. The van der Waals surface area contributed by atoms with Gasteiger partial charge < -0.3 is 0 Å². The van der Waals surface area contributed by atoms with E-state index in [0.29, 0.717) is 0 Å². The fourth-order valence-electron chi connectivity index (χ4n) is 0. The summed E-state index contributed by atoms with van der Waals surface area (Å²) in [4.78, 5) is 0. The van der Waals surface area contributed by atoms with Gasteiger partial charge in [-0.05, 0) is 0 Å². The van der Waals surface area contributed by atoms with Crippen LogP contribution < -0.4 is 0 Å². The molecule has 0 amide bonds. The molecule has 0 unspecified atom stereocenters. The van der Waals surface area contributed by atoms with E-state index in [-0.39, 0.29) is 0 Å². The van der Waals surface area contributed by atoms with Crippen molar-refractivity contribution in [2.45, 2.75) is 0 Å². The summed E-state index contributed by atoms with van der Waals surface area (Å²) in [5, 5.41) is 0. The minimum atomic E-state index is 0.867. The molecule has 0 aromatic carbocycles. The topological polar surface area (TPSA) is 0 Å². The summed E-state index contributed by atoms with van der Waals surface area (Å²) in [6.45, 7) is 1.73. The first-order valence-electron chi connectivity index (χ1n) is 1.91. The van der Waals surface area contributed by atoms with Gasteiger partial charge >= 0.3 is 56.6 Å². The van der Waals surface area contributed by atoms with Crippen LogP contribution in [-0.4, -0.2) is 56.6 Å². The maximum atomic E-state index is 1.24. The SMILES string of the molecule is [SnH3][SiH2][SiH2][SnH3]. The zero-order chi connectivity index (χ0) is 3.41. The summed E-state index contributed by atoms with van der Waals surface area (Å²) in [6.07, 6.45) is 0. The molecule has 0 aliphatic rings. The van der Waals surface area contributed by atoms with E-state index in [1.165, 1.54) is 43.5 Å². The average molecular weight is 304 g/mol. The van der Waals surface area contributed by atoms with Crippen LogP contribution in [0.1, 0.15) is 0 Å². The van der Waals surface area contributed by atoms with Gasteiger partial charge in [0.05, 0.1) is 0 Å². The van der Waals surface area contributed by atoms with Crippen molar-refractivity contribution in [1.82, 2.24) is 0 Å². The Hall–Kier alpha value is 2.03. The van der Waals surface area contributed by atoms with Gasteiger partial charge in [0, 0.05) is 0 Å². The molecule has 0 saturated carbocycles. The number of hydrogen-bond donors (Lipinski definition) is 0. The predicted molar refractivity (Wildman–Crippen MR) is 37.0 cm³/mol. The van der Waals surface area contributed by atoms with Crippen LogP contribution in [-0.2, 0) is 0 Å². The van der Waals surface area contributed by atoms with Crippen LogP contribution in [0.4, 0.5) is 0 Å². The Balaban J connectivity index is 1.97. The normalized spacial score (nSPS) is 15.0. The second-order valence-corrected chi connectivity index (χ2v) is 60.4. The van der Waals surface area contributed by atoms with Crippen molar-refractivity contribution < 1.29 is 0 Å². The van der Waals surface area contributed by atoms with Gasteiger partial charge in [-0.3, -0.25) is 0 Å². The first-order chi connectivity index (χ1) is 1.91. The number of hydrogen-bond acceptors (Lipinski definition) is 0. The van der Waals surface area contributed by atoms with Gasteiger partial charge in [-0.1, -0.05) is 0 Å². The first kappa shape index (κ1) is 6.03. The van der Waals surface area contributed by atoms with E-state index >= 15 is 0 Å². The molecular weight excluding hydrogens is 294 g/mol. The first-order valence-corrected chi connectivity index (χ1v) is 33.0. The molecule has 0 aliphatic heterocycles. The summed E-state index contributed by atoms with van der Waals surface area (Å²) in [5.41, 5.74) is 0. The third-order valence-electron chi connectivity index (χ3n) is 0.500. The Bertz CT molecular complexity index is 6.00. The van der Waals surface area contributed by atoms with Crippen LogP contribution in [0.5, 0.6) is 0 Å². The Kier molecular flexibility index (Phi) is 7.59. The molecule has 0 aromatic rings. The number of rotatable bonds is 1. The van der Waals surface area contributed by atoms with E-state index in [1.54, 1.807) is 0 Å². The summed E-state index contributed by atoms with van der Waals surface area (Å²) in [6, 6.07) is 0. The summed E-state index contributed by atoms with van der Waals surface area (Å²) in [5.74, 6) is 0. The van der Waals surface area contributed by atoms with Crippen molar-refractivity contribution in [2.24, 2.45) is 0 Å². The molecule has 0 rings (SSSR count). The van der Waals surface area contributed by atoms with Crippen LogP contribution in [0, 0.1) is 0 Å². The summed E-state index contributed by atoms with van der Waals surface area (Å²) >= 11 is 2.48. The van der Waals surface area contributed by atoms with Crippen molar-refractivity contribution in [3.05, 3.63) is 0 Å². The molecule has 0 N–H and O–H groups in total. The Morgan fingerprint density at radius 2 is 1.25 bits per heavy atom. The molecule has 0 nitrogen and oxygen atoms in total. The fraction of sp³-hybridized carbons (Fsp3) is 0. The predicted octanol–water partition coefficient (Wildman–Crippen LogP) is -4.20. The molecule has 26 valence electrons. The van der Waals surface area contributed by atoms with Crippen molar-refractivity contribution in [3.63, 3.8) is 0 Å². The molecular formula is H10Si2Sn2. The van der Waals surface area contributed by atoms with Crippen LogP contribution >= 0.6 is 0 Å². The van der Waals surface area contributed by atoms with E-state index < -0.39 is 0 Å². The molecule has 0 atom stereocenters. The summed E-state index contributed by atoms with van der Waals surface area (Å²) in [7, 11) is 0. The molecule has 0 heterocycles. The molecule has 0 aliphatic carbocycles. The van der Waals surface area contributed by atoms with Gasteiger partial charge in [-0.2, -0.15) is 0 Å². The molecule has 0 radical (unpaired) electrons. The van der Waals surface area contributed by atoms with Gasteiger partial charge in [0.1, 0.15) is 0 Å². The molecule has 0 aromatic heterocycles. The summed E-state index contributed by atoms with van der Waals surface area (Å²) < 4.78 is 0. The van der Waals surface area contributed by atoms with E-state index in [1.807, 2.05) is 0 Å². The van der Waals surface area contributed by atoms with Gasteiger partial charge in [0.25, 0.3) is 0 Å². The van der Waals surface area contributed by atoms with Gasteiger partial charge in [0.2, 0.25) is 0 Å². The second-order valence-electron chi connectivity index (χ2n) is 1.000. The van der Waals surface area contributed by atoms with Crippen molar-refractivity contribution in [3.8, 4) is 0 Å². The Labute approximate surface area is 55.9 Å². The van der Waals surface area contributed by atoms with Crippen molar-refractivity contribution >= 4 is 56.6 Å². The van der Waals surface area contributed by atoms with Gasteiger partial charge in [0.15, 0.2) is 0 Å². The molecule has 4 heavy (non-hydrogen) atoms. The molecule has 0 saturated heterocycles. The molecule has 0 bridgehead atoms. The molecule has 0 spiro atoms. The monoisotopic (exact) mass is 306 g/mol. The third-order valence-corrected chi connectivity index (χ3v) is 202. The quantitative estimate of drug-likeness (QED) is 0.431. The third kappa shape index (κ3) is 4.03.